The van der Waals surface area contributed by atoms with Gasteiger partial charge in [0.2, 0.25) is 11.8 Å². The molecule has 2 aliphatic rings. The highest BCUT2D eigenvalue weighted by Gasteiger charge is 2.67. The number of anilines is 1. The van der Waals surface area contributed by atoms with Gasteiger partial charge in [0, 0.05) is 36.0 Å². The van der Waals surface area contributed by atoms with Crippen molar-refractivity contribution in [2.45, 2.75) is 39.5 Å². The van der Waals surface area contributed by atoms with E-state index < -0.39 is 40.8 Å². The van der Waals surface area contributed by atoms with Gasteiger partial charge in [0.05, 0.1) is 12.3 Å². The van der Waals surface area contributed by atoms with Crippen LogP contribution in [0.5, 0.6) is 0 Å². The number of carbonyl (C=O) groups is 5. The molecule has 0 radical (unpaired) electrons. The summed E-state index contributed by atoms with van der Waals surface area (Å²) in [6.45, 7) is 6.77. The number of esters is 1. The molecule has 7 heteroatoms. The van der Waals surface area contributed by atoms with E-state index in [2.05, 4.69) is 0 Å². The number of ether oxygens (including phenoxy) is 1. The lowest BCUT2D eigenvalue weighted by atomic mass is 9.64. The van der Waals surface area contributed by atoms with Crippen molar-refractivity contribution in [2.75, 3.05) is 11.5 Å². The third kappa shape index (κ3) is 4.51. The number of rotatable bonds is 7. The van der Waals surface area contributed by atoms with Gasteiger partial charge >= 0.3 is 5.97 Å². The Labute approximate surface area is 238 Å². The predicted molar refractivity (Wildman–Crippen MR) is 154 cm³/mol. The van der Waals surface area contributed by atoms with E-state index in [1.54, 1.807) is 73.7 Å². The number of carbonyl (C=O) groups excluding carboxylic acids is 5. The van der Waals surface area contributed by atoms with Crippen molar-refractivity contribution in [1.29, 1.82) is 0 Å². The van der Waals surface area contributed by atoms with E-state index in [0.29, 0.717) is 22.4 Å². The summed E-state index contributed by atoms with van der Waals surface area (Å²) in [5.41, 5.74) is 1.87. The summed E-state index contributed by atoms with van der Waals surface area (Å²) in [5, 5.41) is 0. The Kier molecular flexibility index (Phi) is 7.30. The van der Waals surface area contributed by atoms with Gasteiger partial charge < -0.3 is 4.74 Å². The van der Waals surface area contributed by atoms with Crippen molar-refractivity contribution in [2.24, 2.45) is 11.8 Å². The molecule has 0 saturated carbocycles. The third-order valence-corrected chi connectivity index (χ3v) is 8.07. The second-order valence-corrected chi connectivity index (χ2v) is 10.6. The molecule has 0 saturated heterocycles. The number of imide groups is 1. The molecule has 0 aromatic heterocycles. The topological polar surface area (TPSA) is 97.8 Å². The van der Waals surface area contributed by atoms with Gasteiger partial charge in [-0.25, -0.2) is 4.90 Å². The number of aryl methyl sites for hydroxylation is 2. The van der Waals surface area contributed by atoms with E-state index in [-0.39, 0.29) is 24.4 Å². The van der Waals surface area contributed by atoms with Crippen molar-refractivity contribution in [3.8, 4) is 0 Å². The van der Waals surface area contributed by atoms with Crippen LogP contribution >= 0.6 is 0 Å². The van der Waals surface area contributed by atoms with E-state index in [1.807, 2.05) is 26.0 Å². The Morgan fingerprint density at radius 2 is 1.44 bits per heavy atom. The van der Waals surface area contributed by atoms with Crippen LogP contribution in [0.1, 0.15) is 57.7 Å². The van der Waals surface area contributed by atoms with E-state index in [0.717, 1.165) is 16.0 Å². The molecule has 1 aliphatic carbocycles. The Balaban J connectivity index is 1.74. The molecule has 0 unspecified atom stereocenters. The molecule has 0 bridgehead atoms. The van der Waals surface area contributed by atoms with Crippen molar-refractivity contribution in [1.82, 2.24) is 0 Å². The SMILES string of the molecule is CCOC(=O)[C@H]1C(C(=O)c2ccc(C)cc2)=C[C@@H](CC(=O)c2ccc(C)cc2)[C@@]12C(=O)N(C(C)=O)c1ccccc12. The van der Waals surface area contributed by atoms with E-state index in [9.17, 15) is 24.0 Å². The first-order valence-corrected chi connectivity index (χ1v) is 13.6. The summed E-state index contributed by atoms with van der Waals surface area (Å²) in [5.74, 6) is -4.85. The molecule has 1 aliphatic heterocycles. The summed E-state index contributed by atoms with van der Waals surface area (Å²) >= 11 is 0. The lowest BCUT2D eigenvalue weighted by Crippen LogP contribution is -2.52. The maximum atomic E-state index is 14.5. The van der Waals surface area contributed by atoms with Gasteiger partial charge in [-0.05, 0) is 32.4 Å². The highest BCUT2D eigenvalue weighted by molar-refractivity contribution is 6.26. The van der Waals surface area contributed by atoms with Crippen molar-refractivity contribution in [3.05, 3.63) is 112 Å². The van der Waals surface area contributed by atoms with Crippen molar-refractivity contribution < 1.29 is 28.7 Å². The zero-order valence-electron chi connectivity index (χ0n) is 23.5. The van der Waals surface area contributed by atoms with Crippen LogP contribution < -0.4 is 4.90 Å². The summed E-state index contributed by atoms with van der Waals surface area (Å²) in [7, 11) is 0. The Morgan fingerprint density at radius 3 is 2.02 bits per heavy atom. The van der Waals surface area contributed by atoms with Crippen LogP contribution in [0, 0.1) is 25.7 Å². The molecule has 2 amide bonds. The Morgan fingerprint density at radius 1 is 0.854 bits per heavy atom. The van der Waals surface area contributed by atoms with Gasteiger partial charge in [0.1, 0.15) is 11.3 Å². The quantitative estimate of drug-likeness (QED) is 0.292. The average molecular weight is 550 g/mol. The lowest BCUT2D eigenvalue weighted by molar-refractivity contribution is -0.152. The molecule has 208 valence electrons. The van der Waals surface area contributed by atoms with E-state index >= 15 is 0 Å². The summed E-state index contributed by atoms with van der Waals surface area (Å²) < 4.78 is 5.49. The minimum absolute atomic E-state index is 0.0244. The number of amides is 2. The van der Waals surface area contributed by atoms with Gasteiger partial charge in [-0.1, -0.05) is 83.9 Å². The first kappa shape index (κ1) is 27.9. The maximum absolute atomic E-state index is 14.5. The molecule has 3 atom stereocenters. The first-order chi connectivity index (χ1) is 19.6. The fourth-order valence-electron chi connectivity index (χ4n) is 6.18. The number of hydrogen-bond acceptors (Lipinski definition) is 6. The van der Waals surface area contributed by atoms with Crippen LogP contribution in [0.3, 0.4) is 0 Å². The molecule has 0 fully saturated rings. The van der Waals surface area contributed by atoms with Crippen LogP contribution in [0.4, 0.5) is 5.69 Å². The summed E-state index contributed by atoms with van der Waals surface area (Å²) in [6.07, 6.45) is 1.43. The fourth-order valence-corrected chi connectivity index (χ4v) is 6.18. The van der Waals surface area contributed by atoms with Crippen LogP contribution in [0.2, 0.25) is 0 Å². The Hall–Kier alpha value is -4.65. The largest absolute Gasteiger partial charge is 0.465 e. The second kappa shape index (κ2) is 10.7. The van der Waals surface area contributed by atoms with Gasteiger partial charge in [0.15, 0.2) is 11.6 Å². The van der Waals surface area contributed by atoms with Crippen LogP contribution in [-0.2, 0) is 24.5 Å². The van der Waals surface area contributed by atoms with Crippen LogP contribution in [0.15, 0.2) is 84.4 Å². The molecular formula is C34H31NO6. The molecule has 1 spiro atoms. The lowest BCUT2D eigenvalue weighted by Gasteiger charge is -2.35. The number of para-hydroxylation sites is 1. The summed E-state index contributed by atoms with van der Waals surface area (Å²) in [6, 6.07) is 20.8. The van der Waals surface area contributed by atoms with Crippen LogP contribution in [0.25, 0.3) is 0 Å². The number of nitrogens with zero attached hydrogens (tertiary/aromatic N) is 1. The molecule has 7 nitrogen and oxygen atoms in total. The summed E-state index contributed by atoms with van der Waals surface area (Å²) in [4.78, 5) is 69.9. The predicted octanol–water partition coefficient (Wildman–Crippen LogP) is 5.33. The highest BCUT2D eigenvalue weighted by Crippen LogP contribution is 2.58. The first-order valence-electron chi connectivity index (χ1n) is 13.6. The number of benzene rings is 3. The Bertz CT molecular complexity index is 1600. The van der Waals surface area contributed by atoms with Crippen LogP contribution in [-0.4, -0.2) is 36.0 Å². The molecule has 3 aromatic rings. The molecular weight excluding hydrogens is 518 g/mol. The second-order valence-electron chi connectivity index (χ2n) is 10.6. The van der Waals surface area contributed by atoms with Crippen molar-refractivity contribution >= 4 is 35.0 Å². The monoisotopic (exact) mass is 549 g/mol. The molecule has 0 N–H and O–H groups in total. The average Bonchev–Trinajstić information content (AvgIpc) is 3.42. The number of fused-ring (bicyclic) bond motifs is 2. The third-order valence-electron chi connectivity index (χ3n) is 8.07. The number of ketones is 2. The fraction of sp³-hybridized carbons (Fsp3) is 0.265. The van der Waals surface area contributed by atoms with Gasteiger partial charge in [-0.3, -0.25) is 24.0 Å². The standard InChI is InChI=1S/C34H31NO6/c1-5-41-32(39)30-26(31(38)24-16-12-21(3)13-17-24)18-25(19-29(37)23-14-10-20(2)11-15-23)34(30)27-8-6-7-9-28(27)35(22(4)36)33(34)40/h6-18,25,30H,5,19H2,1-4H3/t25-,30+,34-/m0/s1. The molecule has 3 aromatic carbocycles. The zero-order valence-corrected chi connectivity index (χ0v) is 23.5. The smallest absolute Gasteiger partial charge is 0.315 e. The maximum Gasteiger partial charge on any atom is 0.315 e. The number of Topliss-reactive ketones (excluding diaryl/α,β-unsaturated/α-hetero) is 2. The number of allylic oxidation sites excluding steroid dienone is 1. The van der Waals surface area contributed by atoms with Gasteiger partial charge in [0.25, 0.3) is 0 Å². The van der Waals surface area contributed by atoms with E-state index in [1.165, 1.54) is 6.92 Å². The van der Waals surface area contributed by atoms with Gasteiger partial charge in [-0.2, -0.15) is 0 Å². The van der Waals surface area contributed by atoms with Gasteiger partial charge in [-0.15, -0.1) is 0 Å². The highest BCUT2D eigenvalue weighted by atomic mass is 16.5. The minimum atomic E-state index is -1.72. The zero-order chi connectivity index (χ0) is 29.5. The molecule has 41 heavy (non-hydrogen) atoms. The normalized spacial score (nSPS) is 21.0. The molecule has 5 rings (SSSR count). The molecule has 1 heterocycles. The number of hydrogen-bond donors (Lipinski definition) is 0. The van der Waals surface area contributed by atoms with Crippen molar-refractivity contribution in [3.63, 3.8) is 0 Å². The minimum Gasteiger partial charge on any atom is -0.465 e. The van der Waals surface area contributed by atoms with E-state index in [4.69, 9.17) is 4.74 Å².